The molecule has 0 saturated heterocycles. The molecule has 2 aromatic heterocycles. The van der Waals surface area contributed by atoms with Crippen molar-refractivity contribution in [2.24, 2.45) is 0 Å². The zero-order valence-corrected chi connectivity index (χ0v) is 17.5. The summed E-state index contributed by atoms with van der Waals surface area (Å²) in [6.45, 7) is 4.91. The maximum Gasteiger partial charge on any atom is 0.291 e. The molecule has 6 nitrogen and oxygen atoms in total. The van der Waals surface area contributed by atoms with E-state index in [4.69, 9.17) is 21.1 Å². The Morgan fingerprint density at radius 3 is 2.59 bits per heavy atom. The number of fused-ring (bicyclic) bond motifs is 1. The van der Waals surface area contributed by atoms with Gasteiger partial charge in [-0.3, -0.25) is 4.79 Å². The van der Waals surface area contributed by atoms with Crippen LogP contribution in [0.25, 0.3) is 22.4 Å². The lowest BCUT2D eigenvalue weighted by atomic mass is 10.2. The third-order valence-corrected chi connectivity index (χ3v) is 5.45. The molecule has 0 N–H and O–H groups in total. The van der Waals surface area contributed by atoms with Crippen molar-refractivity contribution >= 4 is 34.0 Å². The van der Waals surface area contributed by atoms with Crippen LogP contribution in [0.3, 0.4) is 0 Å². The molecule has 0 aliphatic rings. The molecule has 0 amide bonds. The fourth-order valence-electron chi connectivity index (χ4n) is 2.90. The van der Waals surface area contributed by atoms with Crippen LogP contribution in [0.5, 0.6) is 11.5 Å². The van der Waals surface area contributed by atoms with Crippen molar-refractivity contribution in [1.82, 2.24) is 14.6 Å². The van der Waals surface area contributed by atoms with E-state index in [1.54, 1.807) is 12.1 Å². The van der Waals surface area contributed by atoms with Crippen LogP contribution in [0, 0.1) is 0 Å². The van der Waals surface area contributed by atoms with Gasteiger partial charge in [0.2, 0.25) is 4.96 Å². The Balaban J connectivity index is 1.75. The molecule has 8 heteroatoms. The van der Waals surface area contributed by atoms with Gasteiger partial charge in [0.25, 0.3) is 5.56 Å². The molecule has 0 saturated carbocycles. The number of halogens is 1. The number of benzene rings is 2. The van der Waals surface area contributed by atoms with E-state index in [0.29, 0.717) is 50.6 Å². The molecule has 29 heavy (non-hydrogen) atoms. The summed E-state index contributed by atoms with van der Waals surface area (Å²) in [6.07, 6.45) is 1.80. The number of thiazole rings is 1. The highest BCUT2D eigenvalue weighted by molar-refractivity contribution is 7.15. The molecule has 4 aromatic rings. The normalized spacial score (nSPS) is 11.9. The molecule has 2 aromatic carbocycles. The third-order valence-electron chi connectivity index (χ3n) is 4.16. The molecule has 0 bridgehead atoms. The van der Waals surface area contributed by atoms with Crippen molar-refractivity contribution in [1.29, 1.82) is 0 Å². The summed E-state index contributed by atoms with van der Waals surface area (Å²) < 4.78 is 13.1. The number of hydrogen-bond acceptors (Lipinski definition) is 6. The highest BCUT2D eigenvalue weighted by atomic mass is 35.5. The van der Waals surface area contributed by atoms with Gasteiger partial charge in [-0.2, -0.15) is 9.50 Å². The lowest BCUT2D eigenvalue weighted by Crippen LogP contribution is -2.23. The first kappa shape index (κ1) is 19.4. The van der Waals surface area contributed by atoms with Crippen molar-refractivity contribution in [3.63, 3.8) is 0 Å². The van der Waals surface area contributed by atoms with Crippen LogP contribution < -0.4 is 19.6 Å². The van der Waals surface area contributed by atoms with E-state index in [9.17, 15) is 4.79 Å². The minimum Gasteiger partial charge on any atom is -0.490 e. The average Bonchev–Trinajstić information content (AvgIpc) is 3.24. The molecule has 0 aliphatic carbocycles. The highest BCUT2D eigenvalue weighted by Crippen LogP contribution is 2.29. The second-order valence-corrected chi connectivity index (χ2v) is 7.51. The summed E-state index contributed by atoms with van der Waals surface area (Å²) in [7, 11) is 0. The molecule has 0 unspecified atom stereocenters. The van der Waals surface area contributed by atoms with Gasteiger partial charge in [0.15, 0.2) is 17.3 Å². The predicted octanol–water partition coefficient (Wildman–Crippen LogP) is 3.82. The Morgan fingerprint density at radius 1 is 1.10 bits per heavy atom. The molecule has 0 spiro atoms. The van der Waals surface area contributed by atoms with Crippen LogP contribution in [0.15, 0.2) is 47.3 Å². The van der Waals surface area contributed by atoms with Gasteiger partial charge in [-0.1, -0.05) is 41.1 Å². The predicted molar refractivity (Wildman–Crippen MR) is 115 cm³/mol. The van der Waals surface area contributed by atoms with Crippen LogP contribution in [-0.2, 0) is 0 Å². The van der Waals surface area contributed by atoms with Gasteiger partial charge in [0, 0.05) is 5.56 Å². The van der Waals surface area contributed by atoms with Gasteiger partial charge < -0.3 is 9.47 Å². The lowest BCUT2D eigenvalue weighted by Gasteiger charge is -2.11. The largest absolute Gasteiger partial charge is 0.490 e. The standard InChI is InChI=1S/C21H18ClN3O3S/c1-3-27-16-10-9-13(11-17(16)28-4-2)12-18-20(26)25-21(29-18)23-19(24-25)14-7-5-6-8-15(14)22/h5-12H,3-4H2,1-2H3. The summed E-state index contributed by atoms with van der Waals surface area (Å²) in [4.78, 5) is 17.8. The second-order valence-electron chi connectivity index (χ2n) is 6.10. The smallest absolute Gasteiger partial charge is 0.291 e. The quantitative estimate of drug-likeness (QED) is 0.468. The maximum absolute atomic E-state index is 12.8. The van der Waals surface area contributed by atoms with Gasteiger partial charge >= 0.3 is 0 Å². The van der Waals surface area contributed by atoms with E-state index in [1.165, 1.54) is 15.9 Å². The van der Waals surface area contributed by atoms with Crippen LogP contribution in [0.4, 0.5) is 0 Å². The zero-order chi connectivity index (χ0) is 20.4. The van der Waals surface area contributed by atoms with Crippen molar-refractivity contribution in [3.8, 4) is 22.9 Å². The fourth-order valence-corrected chi connectivity index (χ4v) is 4.03. The number of rotatable bonds is 6. The van der Waals surface area contributed by atoms with E-state index in [1.807, 2.05) is 50.2 Å². The fraction of sp³-hybridized carbons (Fsp3) is 0.190. The molecular weight excluding hydrogens is 410 g/mol. The number of nitrogens with zero attached hydrogens (tertiary/aromatic N) is 3. The van der Waals surface area contributed by atoms with E-state index >= 15 is 0 Å². The van der Waals surface area contributed by atoms with Gasteiger partial charge in [-0.25, -0.2) is 0 Å². The van der Waals surface area contributed by atoms with Crippen molar-refractivity contribution in [2.45, 2.75) is 13.8 Å². The Kier molecular flexibility index (Phi) is 5.51. The highest BCUT2D eigenvalue weighted by Gasteiger charge is 2.14. The minimum atomic E-state index is -0.220. The van der Waals surface area contributed by atoms with E-state index < -0.39 is 0 Å². The summed E-state index contributed by atoms with van der Waals surface area (Å²) in [6, 6.07) is 12.9. The van der Waals surface area contributed by atoms with Gasteiger partial charge in [-0.05, 0) is 49.8 Å². The molecule has 0 fully saturated rings. The molecule has 0 radical (unpaired) electrons. The van der Waals surface area contributed by atoms with Gasteiger partial charge in [-0.15, -0.1) is 5.10 Å². The molecule has 2 heterocycles. The van der Waals surface area contributed by atoms with Crippen molar-refractivity contribution in [2.75, 3.05) is 13.2 Å². The SMILES string of the molecule is CCOc1ccc(C=c2sc3nc(-c4ccccc4Cl)nn3c2=O)cc1OCC. The monoisotopic (exact) mass is 427 g/mol. The first-order valence-corrected chi connectivity index (χ1v) is 10.4. The summed E-state index contributed by atoms with van der Waals surface area (Å²) in [5.41, 5.74) is 1.32. The van der Waals surface area contributed by atoms with E-state index in [-0.39, 0.29) is 5.56 Å². The summed E-state index contributed by atoms with van der Waals surface area (Å²) in [5, 5.41) is 4.89. The topological polar surface area (TPSA) is 65.7 Å². The average molecular weight is 428 g/mol. The Labute approximate surface area is 176 Å². The van der Waals surface area contributed by atoms with Crippen molar-refractivity contribution in [3.05, 3.63) is 67.9 Å². The number of aromatic nitrogens is 3. The Bertz CT molecular complexity index is 1280. The van der Waals surface area contributed by atoms with Crippen LogP contribution >= 0.6 is 22.9 Å². The van der Waals surface area contributed by atoms with Crippen LogP contribution in [0.1, 0.15) is 19.4 Å². The van der Waals surface area contributed by atoms with Crippen LogP contribution in [0.2, 0.25) is 5.02 Å². The molecular formula is C21H18ClN3O3S. The third kappa shape index (κ3) is 3.83. The summed E-state index contributed by atoms with van der Waals surface area (Å²) >= 11 is 7.50. The van der Waals surface area contributed by atoms with E-state index in [2.05, 4.69) is 10.1 Å². The van der Waals surface area contributed by atoms with Crippen LogP contribution in [-0.4, -0.2) is 27.8 Å². The molecule has 4 rings (SSSR count). The summed E-state index contributed by atoms with van der Waals surface area (Å²) in [5.74, 6) is 1.77. The second kappa shape index (κ2) is 8.23. The van der Waals surface area contributed by atoms with Gasteiger partial charge in [0.05, 0.1) is 22.8 Å². The Hall–Kier alpha value is -2.90. The van der Waals surface area contributed by atoms with Gasteiger partial charge in [0.1, 0.15) is 0 Å². The van der Waals surface area contributed by atoms with E-state index in [0.717, 1.165) is 5.56 Å². The first-order chi connectivity index (χ1) is 14.1. The number of hydrogen-bond donors (Lipinski definition) is 0. The lowest BCUT2D eigenvalue weighted by molar-refractivity contribution is 0.287. The maximum atomic E-state index is 12.8. The molecule has 148 valence electrons. The number of ether oxygens (including phenoxy) is 2. The Morgan fingerprint density at radius 2 is 1.86 bits per heavy atom. The zero-order valence-electron chi connectivity index (χ0n) is 15.9. The van der Waals surface area contributed by atoms with Crippen molar-refractivity contribution < 1.29 is 9.47 Å². The molecule has 0 atom stereocenters. The minimum absolute atomic E-state index is 0.220. The molecule has 0 aliphatic heterocycles. The first-order valence-electron chi connectivity index (χ1n) is 9.16.